The Labute approximate surface area is 151 Å². The Hall–Kier alpha value is -1.92. The van der Waals surface area contributed by atoms with Crippen molar-refractivity contribution in [3.63, 3.8) is 0 Å². The number of benzene rings is 1. The highest BCUT2D eigenvalue weighted by Crippen LogP contribution is 2.33. The van der Waals surface area contributed by atoms with Crippen LogP contribution in [-0.2, 0) is 22.6 Å². The summed E-state index contributed by atoms with van der Waals surface area (Å²) in [5, 5.41) is 4.13. The maximum absolute atomic E-state index is 12.3. The van der Waals surface area contributed by atoms with Gasteiger partial charge in [0, 0.05) is 35.8 Å². The quantitative estimate of drug-likeness (QED) is 0.914. The Balaban J connectivity index is 1.57. The molecule has 1 N–H and O–H groups in total. The number of aryl methyl sites for hydroxylation is 1. The van der Waals surface area contributed by atoms with Crippen LogP contribution < -0.4 is 5.32 Å². The Bertz CT molecular complexity index is 831. The lowest BCUT2D eigenvalue weighted by atomic mass is 10.0. The van der Waals surface area contributed by atoms with Crippen molar-refractivity contribution in [2.75, 3.05) is 19.6 Å². The van der Waals surface area contributed by atoms with E-state index in [0.29, 0.717) is 13.1 Å². The van der Waals surface area contributed by atoms with Crippen LogP contribution in [0.15, 0.2) is 24.3 Å². The van der Waals surface area contributed by atoms with E-state index >= 15 is 0 Å². The molecular weight excluding hydrogens is 334 g/mol. The molecule has 2 saturated heterocycles. The number of nitrogens with zero attached hydrogens (tertiary/aromatic N) is 2. The lowest BCUT2D eigenvalue weighted by Gasteiger charge is -2.44. The first-order valence-corrected chi connectivity index (χ1v) is 9.72. The highest BCUT2D eigenvalue weighted by atomic mass is 32.1. The lowest BCUT2D eigenvalue weighted by Crippen LogP contribution is -2.68. The van der Waals surface area contributed by atoms with E-state index in [2.05, 4.69) is 41.4 Å². The van der Waals surface area contributed by atoms with Crippen molar-refractivity contribution in [1.29, 1.82) is 0 Å². The minimum Gasteiger partial charge on any atom is -0.343 e. The van der Waals surface area contributed by atoms with E-state index in [-0.39, 0.29) is 17.9 Å². The summed E-state index contributed by atoms with van der Waals surface area (Å²) >= 11 is 1.87. The molecule has 2 aromatic rings. The third-order valence-corrected chi connectivity index (χ3v) is 6.62. The van der Waals surface area contributed by atoms with Crippen molar-refractivity contribution < 1.29 is 9.59 Å². The summed E-state index contributed by atoms with van der Waals surface area (Å²) in [5.74, 6) is 0.0159. The molecule has 6 heteroatoms. The number of carbonyl (C=O) groups excluding carboxylic acids is 2. The fourth-order valence-electron chi connectivity index (χ4n) is 3.92. The normalized spacial score (nSPS) is 24.5. The molecule has 0 radical (unpaired) electrons. The number of rotatable bonds is 3. The number of carbonyl (C=O) groups is 2. The first kappa shape index (κ1) is 16.5. The summed E-state index contributed by atoms with van der Waals surface area (Å²) in [5.41, 5.74) is 1.38. The first-order valence-electron chi connectivity index (χ1n) is 8.91. The molecule has 4 rings (SSSR count). The molecule has 2 amide bonds. The Morgan fingerprint density at radius 1 is 1.24 bits per heavy atom. The number of hydrogen-bond donors (Lipinski definition) is 1. The second kappa shape index (κ2) is 6.42. The van der Waals surface area contributed by atoms with Crippen LogP contribution in [0.2, 0.25) is 0 Å². The van der Waals surface area contributed by atoms with Gasteiger partial charge in [-0.1, -0.05) is 25.1 Å². The molecule has 132 valence electrons. The topological polar surface area (TPSA) is 52.6 Å². The first-order chi connectivity index (χ1) is 12.1. The monoisotopic (exact) mass is 357 g/mol. The molecule has 2 aliphatic heterocycles. The standard InChI is InChI=1S/C19H23N3O2S/c1-3-16-14(13-6-4-5-7-17(13)25-16)10-21-8-9-22-15(11-21)18(23)20-12(2)19(22)24/h4-7,12,15H,3,8-11H2,1-2H3,(H,20,23). The minimum absolute atomic E-state index is 0.0253. The summed E-state index contributed by atoms with van der Waals surface area (Å²) in [7, 11) is 0. The highest BCUT2D eigenvalue weighted by molar-refractivity contribution is 7.19. The van der Waals surface area contributed by atoms with E-state index in [1.54, 1.807) is 11.8 Å². The van der Waals surface area contributed by atoms with Gasteiger partial charge in [-0.25, -0.2) is 0 Å². The van der Waals surface area contributed by atoms with E-state index in [9.17, 15) is 9.59 Å². The molecule has 2 unspecified atom stereocenters. The summed E-state index contributed by atoms with van der Waals surface area (Å²) in [6.07, 6.45) is 1.02. The van der Waals surface area contributed by atoms with Gasteiger partial charge in [-0.2, -0.15) is 0 Å². The van der Waals surface area contributed by atoms with E-state index in [4.69, 9.17) is 0 Å². The van der Waals surface area contributed by atoms with E-state index in [0.717, 1.165) is 19.5 Å². The molecule has 0 spiro atoms. The molecule has 5 nitrogen and oxygen atoms in total. The van der Waals surface area contributed by atoms with Gasteiger partial charge in [0.05, 0.1) is 0 Å². The number of piperazine rings is 2. The summed E-state index contributed by atoms with van der Waals surface area (Å²) in [4.78, 5) is 30.1. The maximum Gasteiger partial charge on any atom is 0.245 e. The number of thiophene rings is 1. The third kappa shape index (κ3) is 2.83. The number of hydrogen-bond acceptors (Lipinski definition) is 4. The zero-order valence-corrected chi connectivity index (χ0v) is 15.4. The summed E-state index contributed by atoms with van der Waals surface area (Å²) in [6, 6.07) is 7.78. The Morgan fingerprint density at radius 3 is 2.84 bits per heavy atom. The average molecular weight is 357 g/mol. The smallest absolute Gasteiger partial charge is 0.245 e. The van der Waals surface area contributed by atoms with Gasteiger partial charge in [-0.3, -0.25) is 14.5 Å². The van der Waals surface area contributed by atoms with Crippen LogP contribution in [-0.4, -0.2) is 53.3 Å². The molecule has 3 heterocycles. The number of nitrogens with one attached hydrogen (secondary N) is 1. The van der Waals surface area contributed by atoms with Gasteiger partial charge >= 0.3 is 0 Å². The van der Waals surface area contributed by atoms with E-state index in [1.807, 2.05) is 11.3 Å². The minimum atomic E-state index is -0.400. The second-order valence-corrected chi connectivity index (χ2v) is 8.00. The van der Waals surface area contributed by atoms with E-state index in [1.165, 1.54) is 20.5 Å². The largest absolute Gasteiger partial charge is 0.343 e. The van der Waals surface area contributed by atoms with Gasteiger partial charge < -0.3 is 10.2 Å². The highest BCUT2D eigenvalue weighted by Gasteiger charge is 2.41. The summed E-state index contributed by atoms with van der Waals surface area (Å²) < 4.78 is 1.33. The van der Waals surface area contributed by atoms with Crippen LogP contribution >= 0.6 is 11.3 Å². The second-order valence-electron chi connectivity index (χ2n) is 6.87. The Kier molecular flexibility index (Phi) is 4.25. The maximum atomic E-state index is 12.3. The van der Waals surface area contributed by atoms with Crippen LogP contribution in [0.5, 0.6) is 0 Å². The molecule has 25 heavy (non-hydrogen) atoms. The SMILES string of the molecule is CCc1sc2ccccc2c1CN1CCN2C(=O)C(C)NC(=O)C2C1. The van der Waals surface area contributed by atoms with Crippen molar-refractivity contribution in [2.45, 2.75) is 38.9 Å². The fourth-order valence-corrected chi connectivity index (χ4v) is 5.08. The van der Waals surface area contributed by atoms with Crippen LogP contribution in [0.1, 0.15) is 24.3 Å². The van der Waals surface area contributed by atoms with Gasteiger partial charge in [-0.15, -0.1) is 11.3 Å². The van der Waals surface area contributed by atoms with Gasteiger partial charge in [-0.05, 0) is 30.4 Å². The van der Waals surface area contributed by atoms with Gasteiger partial charge in [0.2, 0.25) is 11.8 Å². The van der Waals surface area contributed by atoms with Crippen LogP contribution in [0.4, 0.5) is 0 Å². The number of amides is 2. The molecule has 1 aromatic heterocycles. The predicted octanol–water partition coefficient (Wildman–Crippen LogP) is 1.99. The van der Waals surface area contributed by atoms with Crippen LogP contribution in [0, 0.1) is 0 Å². The lowest BCUT2D eigenvalue weighted by molar-refractivity contribution is -0.152. The molecule has 1 aromatic carbocycles. The summed E-state index contributed by atoms with van der Waals surface area (Å²) in [6.45, 7) is 6.85. The molecule has 0 aliphatic carbocycles. The third-order valence-electron chi connectivity index (χ3n) is 5.26. The van der Waals surface area contributed by atoms with Gasteiger partial charge in [0.1, 0.15) is 12.1 Å². The zero-order chi connectivity index (χ0) is 17.6. The van der Waals surface area contributed by atoms with Crippen molar-refractivity contribution in [1.82, 2.24) is 15.1 Å². The molecule has 0 bridgehead atoms. The van der Waals surface area contributed by atoms with Gasteiger partial charge in [0.25, 0.3) is 0 Å². The zero-order valence-electron chi connectivity index (χ0n) is 14.6. The predicted molar refractivity (Wildman–Crippen MR) is 99.6 cm³/mol. The fraction of sp³-hybridized carbons (Fsp3) is 0.474. The molecule has 2 aliphatic rings. The van der Waals surface area contributed by atoms with Crippen molar-refractivity contribution >= 4 is 33.2 Å². The van der Waals surface area contributed by atoms with E-state index < -0.39 is 6.04 Å². The molecular formula is C19H23N3O2S. The average Bonchev–Trinajstić information content (AvgIpc) is 2.98. The number of fused-ring (bicyclic) bond motifs is 2. The Morgan fingerprint density at radius 2 is 2.04 bits per heavy atom. The van der Waals surface area contributed by atoms with Crippen LogP contribution in [0.3, 0.4) is 0 Å². The van der Waals surface area contributed by atoms with Crippen molar-refractivity contribution in [3.05, 3.63) is 34.7 Å². The van der Waals surface area contributed by atoms with Crippen molar-refractivity contribution in [3.8, 4) is 0 Å². The molecule has 2 atom stereocenters. The molecule has 2 fully saturated rings. The van der Waals surface area contributed by atoms with Crippen LogP contribution in [0.25, 0.3) is 10.1 Å². The molecule has 0 saturated carbocycles. The van der Waals surface area contributed by atoms with Crippen molar-refractivity contribution in [2.24, 2.45) is 0 Å². The van der Waals surface area contributed by atoms with Gasteiger partial charge in [0.15, 0.2) is 0 Å².